The molecule has 9 heteroatoms. The molecular formula is C17H13F3N2O4. The maximum Gasteiger partial charge on any atom is 0.423 e. The van der Waals surface area contributed by atoms with Crippen molar-refractivity contribution in [1.29, 1.82) is 0 Å². The highest BCUT2D eigenvalue weighted by Crippen LogP contribution is 2.71. The number of amides is 2. The van der Waals surface area contributed by atoms with Crippen LogP contribution in [0.4, 0.5) is 24.5 Å². The molecule has 1 aliphatic heterocycles. The molecule has 4 fully saturated rings. The van der Waals surface area contributed by atoms with Crippen LogP contribution >= 0.6 is 0 Å². The summed E-state index contributed by atoms with van der Waals surface area (Å²) in [7, 11) is 0. The Bertz CT molecular complexity index is 851. The molecular weight excluding hydrogens is 353 g/mol. The zero-order chi connectivity index (χ0) is 18.5. The second kappa shape index (κ2) is 4.63. The number of rotatable bonds is 2. The highest BCUT2D eigenvalue weighted by atomic mass is 19.4. The molecule has 6 unspecified atom stereocenters. The van der Waals surface area contributed by atoms with Crippen molar-refractivity contribution in [1.82, 2.24) is 0 Å². The van der Waals surface area contributed by atoms with Gasteiger partial charge in [0.15, 0.2) is 0 Å². The van der Waals surface area contributed by atoms with Gasteiger partial charge in [0, 0.05) is 6.07 Å². The number of carbonyl (C=O) groups excluding carboxylic acids is 2. The Labute approximate surface area is 145 Å². The molecule has 0 N–H and O–H groups in total. The minimum atomic E-state index is -4.96. The number of alkyl halides is 3. The number of benzene rings is 1. The summed E-state index contributed by atoms with van der Waals surface area (Å²) in [5.74, 6) is -0.560. The largest absolute Gasteiger partial charge is 0.423 e. The number of nitro groups is 1. The number of nitro benzene ring substituents is 1. The summed E-state index contributed by atoms with van der Waals surface area (Å²) in [6, 6.07) is 2.30. The molecule has 6 nitrogen and oxygen atoms in total. The second-order valence-corrected chi connectivity index (χ2v) is 7.65. The maximum absolute atomic E-state index is 13.2. The lowest BCUT2D eigenvalue weighted by Gasteiger charge is -2.19. The van der Waals surface area contributed by atoms with Gasteiger partial charge in [-0.15, -0.1) is 0 Å². The third-order valence-corrected chi connectivity index (χ3v) is 6.60. The van der Waals surface area contributed by atoms with Crippen LogP contribution in [0, 0.1) is 45.6 Å². The molecule has 0 aromatic heterocycles. The second-order valence-electron chi connectivity index (χ2n) is 7.65. The zero-order valence-electron chi connectivity index (χ0n) is 13.3. The predicted molar refractivity (Wildman–Crippen MR) is 80.8 cm³/mol. The smallest absolute Gasteiger partial charge is 0.274 e. The van der Waals surface area contributed by atoms with Gasteiger partial charge < -0.3 is 0 Å². The van der Waals surface area contributed by atoms with Crippen LogP contribution in [-0.2, 0) is 15.8 Å². The minimum Gasteiger partial charge on any atom is -0.274 e. The van der Waals surface area contributed by atoms with E-state index in [4.69, 9.17) is 0 Å². The van der Waals surface area contributed by atoms with E-state index in [0.717, 1.165) is 23.8 Å². The van der Waals surface area contributed by atoms with E-state index in [1.807, 2.05) is 0 Å². The Morgan fingerprint density at radius 1 is 1.00 bits per heavy atom. The number of fused-ring (bicyclic) bond motifs is 8. The molecule has 136 valence electrons. The molecule has 0 radical (unpaired) electrons. The third kappa shape index (κ3) is 1.83. The van der Waals surface area contributed by atoms with Gasteiger partial charge in [-0.05, 0) is 48.6 Å². The van der Waals surface area contributed by atoms with Crippen molar-refractivity contribution in [2.45, 2.75) is 19.0 Å². The lowest BCUT2D eigenvalue weighted by molar-refractivity contribution is -0.388. The fourth-order valence-electron chi connectivity index (χ4n) is 5.63. The topological polar surface area (TPSA) is 80.5 Å². The van der Waals surface area contributed by atoms with Gasteiger partial charge in [-0.2, -0.15) is 13.2 Å². The van der Waals surface area contributed by atoms with Gasteiger partial charge in [0.25, 0.3) is 5.69 Å². The number of hydrogen-bond donors (Lipinski definition) is 0. The first-order valence-corrected chi connectivity index (χ1v) is 8.43. The SMILES string of the molecule is O=C1C2C3CC(C4CC43)C2C(=O)N1c1ccc([N+](=O)[O-])c(C(F)(F)F)c1. The van der Waals surface area contributed by atoms with Crippen LogP contribution in [-0.4, -0.2) is 16.7 Å². The van der Waals surface area contributed by atoms with Crippen molar-refractivity contribution in [3.05, 3.63) is 33.9 Å². The molecule has 0 spiro atoms. The first kappa shape index (κ1) is 15.8. The molecule has 1 aromatic carbocycles. The Kier molecular flexibility index (Phi) is 2.81. The molecule has 1 aromatic rings. The first-order valence-electron chi connectivity index (χ1n) is 8.43. The fourth-order valence-corrected chi connectivity index (χ4v) is 5.63. The van der Waals surface area contributed by atoms with E-state index in [-0.39, 0.29) is 17.5 Å². The standard InChI is InChI=1S/C17H13F3N2O4/c18-17(19,20)11-3-6(1-2-12(11)22(25)26)21-15(23)13-9-5-10(8-4-7(8)9)14(13)16(21)24/h1-3,7-10,13-14H,4-5H2. The molecule has 1 saturated heterocycles. The summed E-state index contributed by atoms with van der Waals surface area (Å²) in [5.41, 5.74) is -2.79. The highest BCUT2D eigenvalue weighted by molar-refractivity contribution is 6.22. The van der Waals surface area contributed by atoms with Gasteiger partial charge in [-0.25, -0.2) is 0 Å². The number of halogens is 3. The molecule has 2 bridgehead atoms. The van der Waals surface area contributed by atoms with E-state index in [9.17, 15) is 32.9 Å². The summed E-state index contributed by atoms with van der Waals surface area (Å²) >= 11 is 0. The van der Waals surface area contributed by atoms with Crippen LogP contribution in [0.1, 0.15) is 18.4 Å². The third-order valence-electron chi connectivity index (χ3n) is 6.60. The Balaban J connectivity index is 1.56. The quantitative estimate of drug-likeness (QED) is 0.458. The van der Waals surface area contributed by atoms with Gasteiger partial charge in [0.2, 0.25) is 11.8 Å². The van der Waals surface area contributed by atoms with Crippen molar-refractivity contribution < 1.29 is 27.7 Å². The molecule has 4 aliphatic rings. The summed E-state index contributed by atoms with van der Waals surface area (Å²) < 4.78 is 39.6. The van der Waals surface area contributed by atoms with Crippen molar-refractivity contribution in [2.75, 3.05) is 4.90 Å². The van der Waals surface area contributed by atoms with Crippen LogP contribution in [0.3, 0.4) is 0 Å². The summed E-state index contributed by atoms with van der Waals surface area (Å²) in [5, 5.41) is 10.9. The van der Waals surface area contributed by atoms with Crippen molar-refractivity contribution in [3.63, 3.8) is 0 Å². The van der Waals surface area contributed by atoms with E-state index in [1.54, 1.807) is 0 Å². The highest BCUT2D eigenvalue weighted by Gasteiger charge is 2.72. The molecule has 5 rings (SSSR count). The Hall–Kier alpha value is -2.45. The van der Waals surface area contributed by atoms with Crippen LogP contribution in [0.5, 0.6) is 0 Å². The maximum atomic E-state index is 13.2. The van der Waals surface area contributed by atoms with Gasteiger partial charge in [0.1, 0.15) is 5.56 Å². The molecule has 2 amide bonds. The summed E-state index contributed by atoms with van der Waals surface area (Å²) in [4.78, 5) is 36.2. The van der Waals surface area contributed by atoms with E-state index < -0.39 is 46.0 Å². The number of hydrogen-bond acceptors (Lipinski definition) is 4. The summed E-state index contributed by atoms with van der Waals surface area (Å²) in [6.45, 7) is 0. The van der Waals surface area contributed by atoms with E-state index in [2.05, 4.69) is 0 Å². The average Bonchev–Trinajstić information content (AvgIpc) is 3.07. The molecule has 3 aliphatic carbocycles. The number of anilines is 1. The molecule has 6 atom stereocenters. The fraction of sp³-hybridized carbons (Fsp3) is 0.529. The molecule has 1 heterocycles. The Morgan fingerprint density at radius 3 is 2.04 bits per heavy atom. The van der Waals surface area contributed by atoms with Crippen LogP contribution < -0.4 is 4.90 Å². The van der Waals surface area contributed by atoms with Crippen LogP contribution in [0.25, 0.3) is 0 Å². The average molecular weight is 366 g/mol. The minimum absolute atomic E-state index is 0.150. The molecule has 3 saturated carbocycles. The zero-order valence-corrected chi connectivity index (χ0v) is 13.3. The predicted octanol–water partition coefficient (Wildman–Crippen LogP) is 3.01. The monoisotopic (exact) mass is 366 g/mol. The van der Waals surface area contributed by atoms with Crippen LogP contribution in [0.2, 0.25) is 0 Å². The lowest BCUT2D eigenvalue weighted by atomic mass is 9.81. The van der Waals surface area contributed by atoms with Crippen molar-refractivity contribution >= 4 is 23.2 Å². The number of imide groups is 1. The van der Waals surface area contributed by atoms with Gasteiger partial charge in [-0.3, -0.25) is 24.6 Å². The van der Waals surface area contributed by atoms with Crippen molar-refractivity contribution in [3.8, 4) is 0 Å². The van der Waals surface area contributed by atoms with E-state index in [1.165, 1.54) is 0 Å². The number of nitrogens with zero attached hydrogens (tertiary/aromatic N) is 2. The van der Waals surface area contributed by atoms with E-state index in [0.29, 0.717) is 24.0 Å². The van der Waals surface area contributed by atoms with Gasteiger partial charge in [0.05, 0.1) is 22.4 Å². The summed E-state index contributed by atoms with van der Waals surface area (Å²) in [6.07, 6.45) is -3.07. The van der Waals surface area contributed by atoms with Gasteiger partial charge >= 0.3 is 6.18 Å². The first-order chi connectivity index (χ1) is 12.2. The van der Waals surface area contributed by atoms with E-state index >= 15 is 0 Å². The van der Waals surface area contributed by atoms with Crippen LogP contribution in [0.15, 0.2) is 18.2 Å². The Morgan fingerprint density at radius 2 is 1.54 bits per heavy atom. The molecule has 26 heavy (non-hydrogen) atoms. The number of carbonyl (C=O) groups is 2. The van der Waals surface area contributed by atoms with Gasteiger partial charge in [-0.1, -0.05) is 0 Å². The van der Waals surface area contributed by atoms with Crippen molar-refractivity contribution in [2.24, 2.45) is 35.5 Å². The normalized spacial score (nSPS) is 37.1. The lowest BCUT2D eigenvalue weighted by Crippen LogP contribution is -2.33.